The highest BCUT2D eigenvalue weighted by Gasteiger charge is 2.25. The number of likely N-dealkylation sites (N-methyl/N-ethyl adjacent to an activating group) is 1. The van der Waals surface area contributed by atoms with Crippen molar-refractivity contribution in [3.8, 4) is 0 Å². The number of esters is 2. The second kappa shape index (κ2) is 49.4. The average molecular weight is 943 g/mol. The van der Waals surface area contributed by atoms with Crippen LogP contribution in [-0.2, 0) is 33.3 Å². The summed E-state index contributed by atoms with van der Waals surface area (Å²) in [5.41, 5.74) is 0. The first-order valence-corrected chi connectivity index (χ1v) is 27.5. The summed E-state index contributed by atoms with van der Waals surface area (Å²) in [4.78, 5) is 37.3. The number of hydrogen-bond acceptors (Lipinski definition) is 7. The van der Waals surface area contributed by atoms with Crippen molar-refractivity contribution in [2.45, 2.75) is 245 Å². The number of quaternary nitrogens is 1. The Labute approximate surface area is 412 Å². The summed E-state index contributed by atoms with van der Waals surface area (Å²) in [6.45, 7) is 4.75. The Balaban J connectivity index is 4.17. The van der Waals surface area contributed by atoms with E-state index in [0.29, 0.717) is 17.4 Å². The molecule has 0 aromatic heterocycles. The zero-order valence-electron chi connectivity index (χ0n) is 44.1. The van der Waals surface area contributed by atoms with E-state index in [1.165, 1.54) is 122 Å². The summed E-state index contributed by atoms with van der Waals surface area (Å²) in [6, 6.07) is 0. The van der Waals surface area contributed by atoms with Gasteiger partial charge in [-0.3, -0.25) is 9.59 Å². The molecule has 1 N–H and O–H groups in total. The lowest BCUT2D eigenvalue weighted by atomic mass is 10.0. The topological polar surface area (TPSA) is 108 Å². The summed E-state index contributed by atoms with van der Waals surface area (Å²) in [7, 11) is 5.96. The van der Waals surface area contributed by atoms with Crippen LogP contribution in [0.4, 0.5) is 0 Å². The van der Waals surface area contributed by atoms with Crippen LogP contribution in [0, 0.1) is 0 Å². The molecule has 0 fully saturated rings. The Kier molecular flexibility index (Phi) is 47.2. The minimum Gasteiger partial charge on any atom is -0.477 e. The summed E-state index contributed by atoms with van der Waals surface area (Å²) in [5, 5.41) is 9.67. The van der Waals surface area contributed by atoms with Crippen LogP contribution in [0.1, 0.15) is 232 Å². The van der Waals surface area contributed by atoms with Crippen LogP contribution >= 0.6 is 0 Å². The number of carboxylic acid groups (broad SMARTS) is 1. The van der Waals surface area contributed by atoms with Gasteiger partial charge < -0.3 is 28.5 Å². The third kappa shape index (κ3) is 50.7. The molecule has 0 heterocycles. The molecular formula is C58H104NO8+. The summed E-state index contributed by atoms with van der Waals surface area (Å²) < 4.78 is 22.8. The molecule has 9 nitrogen and oxygen atoms in total. The van der Waals surface area contributed by atoms with E-state index in [1.807, 2.05) is 21.1 Å². The molecular weight excluding hydrogens is 839 g/mol. The monoisotopic (exact) mass is 943 g/mol. The summed E-state index contributed by atoms with van der Waals surface area (Å²) in [5.74, 6) is -2.01. The van der Waals surface area contributed by atoms with E-state index < -0.39 is 24.3 Å². The lowest BCUT2D eigenvalue weighted by Crippen LogP contribution is -2.40. The summed E-state index contributed by atoms with van der Waals surface area (Å²) in [6.07, 6.45) is 58.7. The second-order valence-corrected chi connectivity index (χ2v) is 19.5. The number of hydrogen-bond donors (Lipinski definition) is 1. The first kappa shape index (κ1) is 64.0. The van der Waals surface area contributed by atoms with Crippen LogP contribution in [-0.4, -0.2) is 87.4 Å². The maximum atomic E-state index is 12.8. The van der Waals surface area contributed by atoms with Gasteiger partial charge in [-0.15, -0.1) is 0 Å². The molecule has 0 amide bonds. The predicted octanol–water partition coefficient (Wildman–Crippen LogP) is 15.7. The van der Waals surface area contributed by atoms with Crippen LogP contribution in [0.5, 0.6) is 0 Å². The highest BCUT2D eigenvalue weighted by atomic mass is 16.7. The lowest BCUT2D eigenvalue weighted by Gasteiger charge is -2.25. The Hall–Kier alpha value is -3.01. The van der Waals surface area contributed by atoms with Crippen LogP contribution < -0.4 is 0 Å². The van der Waals surface area contributed by atoms with Crippen LogP contribution in [0.3, 0.4) is 0 Å². The molecule has 0 spiro atoms. The van der Waals surface area contributed by atoms with Crippen molar-refractivity contribution in [1.29, 1.82) is 0 Å². The normalized spacial score (nSPS) is 13.3. The van der Waals surface area contributed by atoms with Gasteiger partial charge in [0.05, 0.1) is 34.4 Å². The van der Waals surface area contributed by atoms with Crippen LogP contribution in [0.15, 0.2) is 60.8 Å². The lowest BCUT2D eigenvalue weighted by molar-refractivity contribution is -0.870. The van der Waals surface area contributed by atoms with Gasteiger partial charge in [0.15, 0.2) is 6.10 Å². The van der Waals surface area contributed by atoms with Crippen molar-refractivity contribution in [3.05, 3.63) is 60.8 Å². The third-order valence-electron chi connectivity index (χ3n) is 11.8. The number of ether oxygens (including phenoxy) is 4. The number of carbonyl (C=O) groups is 3. The predicted molar refractivity (Wildman–Crippen MR) is 281 cm³/mol. The Morgan fingerprint density at radius 1 is 0.463 bits per heavy atom. The van der Waals surface area contributed by atoms with E-state index in [-0.39, 0.29) is 32.2 Å². The molecule has 0 aliphatic rings. The second-order valence-electron chi connectivity index (χ2n) is 19.5. The number of carboxylic acids is 1. The highest BCUT2D eigenvalue weighted by molar-refractivity contribution is 5.71. The number of carbonyl (C=O) groups excluding carboxylic acids is 2. The maximum Gasteiger partial charge on any atom is 0.361 e. The van der Waals surface area contributed by atoms with Crippen LogP contribution in [0.2, 0.25) is 0 Å². The number of aliphatic carboxylic acids is 1. The molecule has 0 saturated heterocycles. The molecule has 0 rings (SSSR count). The van der Waals surface area contributed by atoms with Gasteiger partial charge in [-0.25, -0.2) is 4.79 Å². The van der Waals surface area contributed by atoms with E-state index in [4.69, 9.17) is 18.9 Å². The summed E-state index contributed by atoms with van der Waals surface area (Å²) >= 11 is 0. The Morgan fingerprint density at radius 2 is 0.851 bits per heavy atom. The molecule has 2 unspecified atom stereocenters. The van der Waals surface area contributed by atoms with E-state index in [2.05, 4.69) is 74.6 Å². The smallest absolute Gasteiger partial charge is 0.361 e. The minimum atomic E-state index is -1.51. The van der Waals surface area contributed by atoms with Gasteiger partial charge in [-0.2, -0.15) is 0 Å². The third-order valence-corrected chi connectivity index (χ3v) is 11.8. The fraction of sp³-hybridized carbons (Fsp3) is 0.776. The number of nitrogens with zero attached hydrogens (tertiary/aromatic N) is 1. The van der Waals surface area contributed by atoms with Gasteiger partial charge >= 0.3 is 17.9 Å². The zero-order valence-corrected chi connectivity index (χ0v) is 44.1. The quantitative estimate of drug-likeness (QED) is 0.0211. The minimum absolute atomic E-state index is 0.186. The van der Waals surface area contributed by atoms with Gasteiger partial charge in [-0.1, -0.05) is 203 Å². The van der Waals surface area contributed by atoms with Crippen molar-refractivity contribution in [1.82, 2.24) is 0 Å². The maximum absolute atomic E-state index is 12.8. The van der Waals surface area contributed by atoms with Crippen molar-refractivity contribution in [2.75, 3.05) is 47.5 Å². The van der Waals surface area contributed by atoms with Gasteiger partial charge in [0, 0.05) is 12.8 Å². The molecule has 9 heteroatoms. The molecule has 0 aliphatic carbocycles. The van der Waals surface area contributed by atoms with E-state index in [9.17, 15) is 19.5 Å². The SMILES string of the molecule is CC/C=C\C/C=C\C/C=C\C/C=C\CCCCCCCCCCCCCCCCCCC(=O)OC(COC(=O)CCCCCCC/C=C\CCCCCC)COC(OCC[N+](C)(C)C)C(=O)O. The number of rotatable bonds is 50. The first-order chi connectivity index (χ1) is 32.6. The van der Waals surface area contributed by atoms with Gasteiger partial charge in [0.2, 0.25) is 0 Å². The van der Waals surface area contributed by atoms with Crippen LogP contribution in [0.25, 0.3) is 0 Å². The average Bonchev–Trinajstić information content (AvgIpc) is 3.29. The van der Waals surface area contributed by atoms with E-state index in [0.717, 1.165) is 83.5 Å². The fourth-order valence-corrected chi connectivity index (χ4v) is 7.53. The molecule has 0 aliphatic heterocycles. The van der Waals surface area contributed by atoms with Gasteiger partial charge in [0.1, 0.15) is 13.2 Å². The number of allylic oxidation sites excluding steroid dienone is 10. The Morgan fingerprint density at radius 3 is 1.28 bits per heavy atom. The van der Waals surface area contributed by atoms with E-state index in [1.54, 1.807) is 0 Å². The van der Waals surface area contributed by atoms with Crippen molar-refractivity contribution in [3.63, 3.8) is 0 Å². The zero-order chi connectivity index (χ0) is 49.2. The first-order valence-electron chi connectivity index (χ1n) is 27.5. The molecule has 0 radical (unpaired) electrons. The van der Waals surface area contributed by atoms with Crippen molar-refractivity contribution >= 4 is 17.9 Å². The molecule has 0 aromatic rings. The molecule has 0 bridgehead atoms. The molecule has 0 aromatic carbocycles. The molecule has 0 saturated carbocycles. The fourth-order valence-electron chi connectivity index (χ4n) is 7.53. The van der Waals surface area contributed by atoms with Gasteiger partial charge in [0.25, 0.3) is 6.29 Å². The van der Waals surface area contributed by atoms with Crippen molar-refractivity contribution in [2.24, 2.45) is 0 Å². The Bertz CT molecular complexity index is 1280. The highest BCUT2D eigenvalue weighted by Crippen LogP contribution is 2.16. The van der Waals surface area contributed by atoms with Crippen molar-refractivity contribution < 1.29 is 42.9 Å². The van der Waals surface area contributed by atoms with E-state index >= 15 is 0 Å². The van der Waals surface area contributed by atoms with Gasteiger partial charge in [-0.05, 0) is 77.0 Å². The standard InChI is InChI=1S/C58H103NO8/c1-6-8-10-12-14-16-18-20-21-22-23-24-25-26-27-28-29-30-31-32-33-34-35-37-39-41-43-45-47-49-56(61)67-54(53-66-58(57(62)63)64-51-50-59(3,4)5)52-65-55(60)48-46-44-42-40-38-36-19-17-15-13-11-9-7-2/h8,10,14,16-17,19-21,23-24,54,58H,6-7,9,11-13,15,18,22,25-53H2,1-5H3/p+1/b10-8-,16-14-,19-17-,21-20-,24-23-. The molecule has 67 heavy (non-hydrogen) atoms. The molecule has 388 valence electrons. The molecule has 2 atom stereocenters. The number of unbranched alkanes of at least 4 members (excludes halogenated alkanes) is 25. The largest absolute Gasteiger partial charge is 0.477 e.